The lowest BCUT2D eigenvalue weighted by Gasteiger charge is -2.23. The van der Waals surface area contributed by atoms with Gasteiger partial charge < -0.3 is 14.6 Å². The van der Waals surface area contributed by atoms with E-state index in [1.165, 1.54) is 12.3 Å². The van der Waals surface area contributed by atoms with Gasteiger partial charge in [-0.2, -0.15) is 0 Å². The quantitative estimate of drug-likeness (QED) is 0.315. The molecule has 0 aromatic heterocycles. The minimum Gasteiger partial charge on any atom is -0.492 e. The van der Waals surface area contributed by atoms with Crippen molar-refractivity contribution in [2.75, 3.05) is 12.9 Å². The standard InChI is InChI=1S/C32H35FO6S/c1-18-14-22(38-17-32(3,4)40(5,36)37)15-19(2)29(18)23-10-12-27(33)30-24(23)11-13-28(30)39-21-8-6-20(7-9-21)25-16-26(25)31(34)35/h6-10,12,14-15,25-26,28H,11,13,16-17H2,1-5H3,(H,34,35)/t25-,26+,28-/m1/s1. The third-order valence-electron chi connectivity index (χ3n) is 8.34. The highest BCUT2D eigenvalue weighted by Gasteiger charge is 2.44. The second-order valence-corrected chi connectivity index (χ2v) is 14.4. The first-order valence-electron chi connectivity index (χ1n) is 13.5. The number of hydrogen-bond donors (Lipinski definition) is 1. The van der Waals surface area contributed by atoms with E-state index in [0.717, 1.165) is 33.4 Å². The lowest BCUT2D eigenvalue weighted by atomic mass is 9.90. The van der Waals surface area contributed by atoms with Gasteiger partial charge in [0.05, 0.1) is 5.92 Å². The largest absolute Gasteiger partial charge is 0.492 e. The number of halogens is 1. The molecule has 6 nitrogen and oxygen atoms in total. The number of aliphatic carboxylic acids is 1. The number of carboxylic acid groups (broad SMARTS) is 1. The van der Waals surface area contributed by atoms with E-state index < -0.39 is 26.7 Å². The highest BCUT2D eigenvalue weighted by atomic mass is 32.2. The Morgan fingerprint density at radius 2 is 1.70 bits per heavy atom. The van der Waals surface area contributed by atoms with Crippen LogP contribution in [0.4, 0.5) is 4.39 Å². The number of ether oxygens (including phenoxy) is 2. The normalized spacial score (nSPS) is 20.2. The fourth-order valence-electron chi connectivity index (χ4n) is 5.62. The summed E-state index contributed by atoms with van der Waals surface area (Å²) in [5.74, 6) is -0.0910. The van der Waals surface area contributed by atoms with E-state index in [9.17, 15) is 18.3 Å². The zero-order valence-corrected chi connectivity index (χ0v) is 24.3. The van der Waals surface area contributed by atoms with Gasteiger partial charge in [0, 0.05) is 11.8 Å². The molecule has 1 N–H and O–H groups in total. The molecule has 0 unspecified atom stereocenters. The van der Waals surface area contributed by atoms with Crippen molar-refractivity contribution in [2.45, 2.75) is 63.7 Å². The molecule has 0 amide bonds. The molecule has 0 aliphatic heterocycles. The van der Waals surface area contributed by atoms with Crippen LogP contribution in [0.3, 0.4) is 0 Å². The van der Waals surface area contributed by atoms with E-state index >= 15 is 4.39 Å². The van der Waals surface area contributed by atoms with Crippen molar-refractivity contribution in [3.8, 4) is 22.6 Å². The fourth-order valence-corrected chi connectivity index (χ4v) is 5.89. The van der Waals surface area contributed by atoms with Crippen molar-refractivity contribution in [1.82, 2.24) is 0 Å². The van der Waals surface area contributed by atoms with Crippen LogP contribution in [0.2, 0.25) is 0 Å². The van der Waals surface area contributed by atoms with Gasteiger partial charge >= 0.3 is 5.97 Å². The highest BCUT2D eigenvalue weighted by Crippen LogP contribution is 2.48. The maximum Gasteiger partial charge on any atom is 0.307 e. The summed E-state index contributed by atoms with van der Waals surface area (Å²) in [7, 11) is -3.29. The number of carboxylic acids is 1. The molecular formula is C32H35FO6S. The Hall–Kier alpha value is -3.39. The first-order chi connectivity index (χ1) is 18.8. The van der Waals surface area contributed by atoms with Crippen molar-refractivity contribution in [2.24, 2.45) is 5.92 Å². The topological polar surface area (TPSA) is 89.9 Å². The maximum atomic E-state index is 15.2. The number of rotatable bonds is 9. The Bertz CT molecular complexity index is 1550. The molecule has 8 heteroatoms. The Morgan fingerprint density at radius 1 is 1.05 bits per heavy atom. The van der Waals surface area contributed by atoms with E-state index in [0.29, 0.717) is 36.3 Å². The summed E-state index contributed by atoms with van der Waals surface area (Å²) in [6, 6.07) is 14.6. The molecule has 2 aliphatic rings. The third-order valence-corrected chi connectivity index (χ3v) is 10.5. The molecule has 212 valence electrons. The molecule has 0 radical (unpaired) electrons. The molecule has 0 saturated heterocycles. The van der Waals surface area contributed by atoms with Crippen molar-refractivity contribution >= 4 is 15.8 Å². The van der Waals surface area contributed by atoms with Crippen molar-refractivity contribution in [3.05, 3.63) is 82.2 Å². The lowest BCUT2D eigenvalue weighted by molar-refractivity contribution is -0.138. The number of fused-ring (bicyclic) bond motifs is 1. The van der Waals surface area contributed by atoms with Gasteiger partial charge in [-0.05, 0) is 117 Å². The summed E-state index contributed by atoms with van der Waals surface area (Å²) in [5, 5.41) is 9.19. The third kappa shape index (κ3) is 5.33. The van der Waals surface area contributed by atoms with Crippen molar-refractivity contribution in [1.29, 1.82) is 0 Å². The van der Waals surface area contributed by atoms with Gasteiger partial charge in [0.1, 0.15) is 34.8 Å². The Balaban J connectivity index is 1.37. The average Bonchev–Trinajstić information content (AvgIpc) is 3.57. The van der Waals surface area contributed by atoms with Crippen LogP contribution in [-0.2, 0) is 21.1 Å². The summed E-state index contributed by atoms with van der Waals surface area (Å²) in [6.07, 6.45) is 2.77. The van der Waals surface area contributed by atoms with Crippen LogP contribution in [-0.4, -0.2) is 37.1 Å². The van der Waals surface area contributed by atoms with E-state index in [1.54, 1.807) is 13.8 Å². The molecule has 0 heterocycles. The highest BCUT2D eigenvalue weighted by molar-refractivity contribution is 7.92. The van der Waals surface area contributed by atoms with Crippen LogP contribution in [0, 0.1) is 25.6 Å². The Morgan fingerprint density at radius 3 is 2.27 bits per heavy atom. The number of hydrogen-bond acceptors (Lipinski definition) is 5. The lowest BCUT2D eigenvalue weighted by Crippen LogP contribution is -2.37. The SMILES string of the molecule is Cc1cc(OCC(C)(C)S(C)(=O)=O)cc(C)c1-c1ccc(F)c2c1CC[C@H]2Oc1ccc([C@H]2C[C@@H]2C(=O)O)cc1. The summed E-state index contributed by atoms with van der Waals surface area (Å²) in [4.78, 5) is 11.2. The molecule has 5 rings (SSSR count). The fraction of sp³-hybridized carbons (Fsp3) is 0.406. The second kappa shape index (κ2) is 10.2. The molecule has 0 spiro atoms. The van der Waals surface area contributed by atoms with E-state index in [4.69, 9.17) is 9.47 Å². The van der Waals surface area contributed by atoms with E-state index in [1.807, 2.05) is 56.3 Å². The number of aryl methyl sites for hydroxylation is 2. The molecule has 1 saturated carbocycles. The minimum atomic E-state index is -3.29. The summed E-state index contributed by atoms with van der Waals surface area (Å²) in [6.45, 7) is 7.29. The number of benzene rings is 3. The molecular weight excluding hydrogens is 531 g/mol. The van der Waals surface area contributed by atoms with Gasteiger partial charge in [0.15, 0.2) is 9.84 Å². The van der Waals surface area contributed by atoms with E-state index in [-0.39, 0.29) is 24.3 Å². The molecule has 40 heavy (non-hydrogen) atoms. The Kier molecular flexibility index (Phi) is 7.19. The second-order valence-electron chi connectivity index (χ2n) is 11.7. The molecule has 3 aromatic carbocycles. The monoisotopic (exact) mass is 566 g/mol. The summed E-state index contributed by atoms with van der Waals surface area (Å²) >= 11 is 0. The van der Waals surface area contributed by atoms with Gasteiger partial charge in [0.25, 0.3) is 0 Å². The van der Waals surface area contributed by atoms with Gasteiger partial charge in [-0.15, -0.1) is 0 Å². The first kappa shape index (κ1) is 28.1. The van der Waals surface area contributed by atoms with Gasteiger partial charge in [-0.25, -0.2) is 12.8 Å². The van der Waals surface area contributed by atoms with Gasteiger partial charge in [0.2, 0.25) is 0 Å². The smallest absolute Gasteiger partial charge is 0.307 e. The minimum absolute atomic E-state index is 0.0385. The number of sulfone groups is 1. The predicted octanol–water partition coefficient (Wildman–Crippen LogP) is 6.57. The van der Waals surface area contributed by atoms with Crippen LogP contribution in [0.25, 0.3) is 11.1 Å². The van der Waals surface area contributed by atoms with Crippen molar-refractivity contribution in [3.63, 3.8) is 0 Å². The zero-order valence-electron chi connectivity index (χ0n) is 23.5. The number of carbonyl (C=O) groups is 1. The zero-order chi connectivity index (χ0) is 29.0. The summed E-state index contributed by atoms with van der Waals surface area (Å²) < 4.78 is 50.5. The van der Waals surface area contributed by atoms with Crippen LogP contribution >= 0.6 is 0 Å². The average molecular weight is 567 g/mol. The van der Waals surface area contributed by atoms with Crippen LogP contribution in [0.15, 0.2) is 48.5 Å². The van der Waals surface area contributed by atoms with Crippen LogP contribution in [0.5, 0.6) is 11.5 Å². The Labute approximate surface area is 235 Å². The maximum absolute atomic E-state index is 15.2. The molecule has 3 atom stereocenters. The first-order valence-corrected chi connectivity index (χ1v) is 15.4. The van der Waals surface area contributed by atoms with Gasteiger partial charge in [-0.3, -0.25) is 4.79 Å². The summed E-state index contributed by atoms with van der Waals surface area (Å²) in [5.41, 5.74) is 6.38. The molecule has 1 fully saturated rings. The molecule has 3 aromatic rings. The van der Waals surface area contributed by atoms with Gasteiger partial charge in [-0.1, -0.05) is 18.2 Å². The van der Waals surface area contributed by atoms with E-state index in [2.05, 4.69) is 0 Å². The molecule has 2 aliphatic carbocycles. The van der Waals surface area contributed by atoms with Crippen molar-refractivity contribution < 1.29 is 32.2 Å². The predicted molar refractivity (Wildman–Crippen MR) is 152 cm³/mol. The molecule has 0 bridgehead atoms. The van der Waals surface area contributed by atoms with Crippen LogP contribution in [0.1, 0.15) is 66.5 Å². The van der Waals surface area contributed by atoms with Crippen LogP contribution < -0.4 is 9.47 Å².